The predicted molar refractivity (Wildman–Crippen MR) is 78.3 cm³/mol. The van der Waals surface area contributed by atoms with Crippen LogP contribution in [0.5, 0.6) is 0 Å². The van der Waals surface area contributed by atoms with Crippen LogP contribution in [0.4, 0.5) is 4.39 Å². The van der Waals surface area contributed by atoms with Gasteiger partial charge in [-0.1, -0.05) is 11.8 Å². The van der Waals surface area contributed by atoms with Crippen molar-refractivity contribution in [3.05, 3.63) is 35.1 Å². The number of aliphatic hydroxyl groups excluding tert-OH is 1. The highest BCUT2D eigenvalue weighted by Gasteiger charge is 2.21. The molecule has 1 aliphatic rings. The Bertz CT molecular complexity index is 577. The third-order valence-corrected chi connectivity index (χ3v) is 3.70. The van der Waals surface area contributed by atoms with Gasteiger partial charge >= 0.3 is 0 Å². The van der Waals surface area contributed by atoms with Crippen LogP contribution in [-0.2, 0) is 0 Å². The summed E-state index contributed by atoms with van der Waals surface area (Å²) in [5, 5.41) is 11.4. The summed E-state index contributed by atoms with van der Waals surface area (Å²) < 4.78 is 13.8. The molecule has 1 aromatic carbocycles. The van der Waals surface area contributed by atoms with Crippen molar-refractivity contribution in [1.29, 1.82) is 0 Å². The molecule has 1 fully saturated rings. The molecule has 0 bridgehead atoms. The topological polar surface area (TPSA) is 52.6 Å². The molecule has 1 atom stereocenters. The second-order valence-electron chi connectivity index (χ2n) is 5.14. The SMILES string of the molecule is CN1CCCC1CNC(=O)c1ccc(C#CCO)c(F)c1. The quantitative estimate of drug-likeness (QED) is 0.816. The number of hydrogen-bond donors (Lipinski definition) is 2. The van der Waals surface area contributed by atoms with Gasteiger partial charge in [-0.25, -0.2) is 4.39 Å². The van der Waals surface area contributed by atoms with Gasteiger partial charge in [-0.2, -0.15) is 0 Å². The molecule has 0 aromatic heterocycles. The summed E-state index contributed by atoms with van der Waals surface area (Å²) in [6.45, 7) is 1.30. The number of hydrogen-bond acceptors (Lipinski definition) is 3. The normalized spacial score (nSPS) is 18.1. The molecule has 0 radical (unpaired) electrons. The number of nitrogens with zero attached hydrogens (tertiary/aromatic N) is 1. The minimum absolute atomic E-state index is 0.177. The molecule has 2 rings (SSSR count). The van der Waals surface area contributed by atoms with E-state index in [1.807, 2.05) is 7.05 Å². The van der Waals surface area contributed by atoms with Gasteiger partial charge < -0.3 is 15.3 Å². The van der Waals surface area contributed by atoms with E-state index in [1.54, 1.807) is 0 Å². The number of nitrogens with one attached hydrogen (secondary N) is 1. The first kappa shape index (κ1) is 15.5. The Morgan fingerprint density at radius 1 is 1.57 bits per heavy atom. The van der Waals surface area contributed by atoms with E-state index in [-0.39, 0.29) is 23.6 Å². The van der Waals surface area contributed by atoms with Gasteiger partial charge in [0.15, 0.2) is 0 Å². The van der Waals surface area contributed by atoms with Crippen LogP contribution in [0.3, 0.4) is 0 Å². The van der Waals surface area contributed by atoms with Gasteiger partial charge in [0.2, 0.25) is 0 Å². The van der Waals surface area contributed by atoms with Crippen molar-refractivity contribution in [3.8, 4) is 11.8 Å². The molecule has 1 amide bonds. The molecule has 2 N–H and O–H groups in total. The molecule has 5 heteroatoms. The molecule has 4 nitrogen and oxygen atoms in total. The third-order valence-electron chi connectivity index (χ3n) is 3.70. The Morgan fingerprint density at radius 2 is 2.38 bits per heavy atom. The molecule has 0 saturated carbocycles. The van der Waals surface area contributed by atoms with Crippen molar-refractivity contribution < 1.29 is 14.3 Å². The number of amides is 1. The van der Waals surface area contributed by atoms with E-state index in [0.717, 1.165) is 19.4 Å². The van der Waals surface area contributed by atoms with Crippen LogP contribution in [0.1, 0.15) is 28.8 Å². The minimum Gasteiger partial charge on any atom is -0.384 e. The Labute approximate surface area is 124 Å². The highest BCUT2D eigenvalue weighted by atomic mass is 19.1. The van der Waals surface area contributed by atoms with E-state index >= 15 is 0 Å². The summed E-state index contributed by atoms with van der Waals surface area (Å²) >= 11 is 0. The maximum atomic E-state index is 13.8. The maximum Gasteiger partial charge on any atom is 0.251 e. The summed E-state index contributed by atoms with van der Waals surface area (Å²) in [5.74, 6) is 4.04. The van der Waals surface area contributed by atoms with E-state index in [4.69, 9.17) is 5.11 Å². The lowest BCUT2D eigenvalue weighted by Crippen LogP contribution is -2.38. The first-order valence-corrected chi connectivity index (χ1v) is 6.99. The smallest absolute Gasteiger partial charge is 0.251 e. The van der Waals surface area contributed by atoms with Gasteiger partial charge in [-0.05, 0) is 44.6 Å². The van der Waals surface area contributed by atoms with Crippen molar-refractivity contribution in [3.63, 3.8) is 0 Å². The van der Waals surface area contributed by atoms with Gasteiger partial charge in [0.25, 0.3) is 5.91 Å². The third kappa shape index (κ3) is 4.03. The molecule has 1 saturated heterocycles. The molecule has 1 aliphatic heterocycles. The Balaban J connectivity index is 1.97. The number of aliphatic hydroxyl groups is 1. The van der Waals surface area contributed by atoms with Gasteiger partial charge in [0, 0.05) is 18.2 Å². The van der Waals surface area contributed by atoms with Gasteiger partial charge in [-0.3, -0.25) is 4.79 Å². The zero-order valence-corrected chi connectivity index (χ0v) is 12.0. The fraction of sp³-hybridized carbons (Fsp3) is 0.438. The molecular weight excluding hydrogens is 271 g/mol. The van der Waals surface area contributed by atoms with Crippen molar-refractivity contribution >= 4 is 5.91 Å². The average Bonchev–Trinajstić information content (AvgIpc) is 2.88. The monoisotopic (exact) mass is 290 g/mol. The summed E-state index contributed by atoms with van der Waals surface area (Å²) in [5.41, 5.74) is 0.457. The highest BCUT2D eigenvalue weighted by molar-refractivity contribution is 5.94. The molecule has 1 unspecified atom stereocenters. The Hall–Kier alpha value is -1.90. The van der Waals surface area contributed by atoms with E-state index in [0.29, 0.717) is 12.6 Å². The molecule has 0 spiro atoms. The predicted octanol–water partition coefficient (Wildman–Crippen LogP) is 0.993. The summed E-state index contributed by atoms with van der Waals surface area (Å²) in [4.78, 5) is 14.2. The maximum absolute atomic E-state index is 13.8. The first-order chi connectivity index (χ1) is 10.1. The number of benzene rings is 1. The lowest BCUT2D eigenvalue weighted by atomic mass is 10.1. The fourth-order valence-electron chi connectivity index (χ4n) is 2.44. The standard InChI is InChI=1S/C16H19FN2O2/c1-19-8-2-5-14(19)11-18-16(21)13-7-6-12(4-3-9-20)15(17)10-13/h6-7,10,14,20H,2,5,8-9,11H2,1H3,(H,18,21). The Morgan fingerprint density at radius 3 is 3.00 bits per heavy atom. The zero-order valence-electron chi connectivity index (χ0n) is 12.0. The van der Waals surface area contributed by atoms with Crippen molar-refractivity contribution in [2.75, 3.05) is 26.7 Å². The second-order valence-corrected chi connectivity index (χ2v) is 5.14. The number of likely N-dealkylation sites (N-methyl/N-ethyl adjacent to an activating group) is 1. The van der Waals surface area contributed by atoms with E-state index in [9.17, 15) is 9.18 Å². The fourth-order valence-corrected chi connectivity index (χ4v) is 2.44. The first-order valence-electron chi connectivity index (χ1n) is 6.99. The van der Waals surface area contributed by atoms with Crippen LogP contribution >= 0.6 is 0 Å². The number of halogens is 1. The highest BCUT2D eigenvalue weighted by Crippen LogP contribution is 2.14. The number of likely N-dealkylation sites (tertiary alicyclic amines) is 1. The van der Waals surface area contributed by atoms with Crippen LogP contribution in [-0.4, -0.2) is 48.7 Å². The minimum atomic E-state index is -0.554. The number of carbonyl (C=O) groups excluding carboxylic acids is 1. The summed E-state index contributed by atoms with van der Waals surface area (Å²) in [7, 11) is 2.04. The van der Waals surface area contributed by atoms with Crippen LogP contribution in [0.25, 0.3) is 0 Å². The second kappa shape index (κ2) is 7.21. The van der Waals surface area contributed by atoms with E-state index in [1.165, 1.54) is 18.2 Å². The lowest BCUT2D eigenvalue weighted by Gasteiger charge is -2.19. The van der Waals surface area contributed by atoms with Crippen LogP contribution in [0.15, 0.2) is 18.2 Å². The summed E-state index contributed by atoms with van der Waals surface area (Å²) in [6.07, 6.45) is 2.21. The van der Waals surface area contributed by atoms with Crippen molar-refractivity contribution in [2.24, 2.45) is 0 Å². The Kier molecular flexibility index (Phi) is 5.32. The molecule has 112 valence electrons. The molecule has 1 aromatic rings. The zero-order chi connectivity index (χ0) is 15.2. The van der Waals surface area contributed by atoms with Crippen LogP contribution in [0.2, 0.25) is 0 Å². The average molecular weight is 290 g/mol. The van der Waals surface area contributed by atoms with Crippen molar-refractivity contribution in [2.45, 2.75) is 18.9 Å². The van der Waals surface area contributed by atoms with E-state index in [2.05, 4.69) is 22.1 Å². The van der Waals surface area contributed by atoms with Gasteiger partial charge in [0.05, 0.1) is 5.56 Å². The van der Waals surface area contributed by atoms with Gasteiger partial charge in [-0.15, -0.1) is 0 Å². The summed E-state index contributed by atoms with van der Waals surface area (Å²) in [6, 6.07) is 4.52. The molecule has 1 heterocycles. The molecule has 0 aliphatic carbocycles. The molecular formula is C16H19FN2O2. The van der Waals surface area contributed by atoms with Crippen LogP contribution < -0.4 is 5.32 Å². The number of rotatable bonds is 3. The molecule has 21 heavy (non-hydrogen) atoms. The van der Waals surface area contributed by atoms with Crippen LogP contribution in [0, 0.1) is 17.7 Å². The lowest BCUT2D eigenvalue weighted by molar-refractivity contribution is 0.0943. The van der Waals surface area contributed by atoms with Gasteiger partial charge in [0.1, 0.15) is 12.4 Å². The largest absolute Gasteiger partial charge is 0.384 e. The number of carbonyl (C=O) groups is 1. The van der Waals surface area contributed by atoms with E-state index < -0.39 is 5.82 Å². The van der Waals surface area contributed by atoms with Crippen molar-refractivity contribution in [1.82, 2.24) is 10.2 Å².